The summed E-state index contributed by atoms with van der Waals surface area (Å²) in [5.41, 5.74) is 7.94. The fraction of sp³-hybridized carbons (Fsp3) is 0.333. The number of rotatable bonds is 8. The average molecular weight is 301 g/mol. The van der Waals surface area contributed by atoms with Crippen LogP contribution in [0.5, 0.6) is 17.2 Å². The standard InChI is InChI=1S/C18H23NO3/c1-20-16-11-15(13-19)12-17(21-2)18(16)22-10-6-9-14-7-4-3-5-8-14/h3-5,7-8,11-12H,6,9-10,13,19H2,1-2H3. The lowest BCUT2D eigenvalue weighted by atomic mass is 10.1. The van der Waals surface area contributed by atoms with Gasteiger partial charge in [-0.2, -0.15) is 0 Å². The van der Waals surface area contributed by atoms with Gasteiger partial charge in [0.1, 0.15) is 0 Å². The molecule has 0 fully saturated rings. The van der Waals surface area contributed by atoms with Gasteiger partial charge in [0.05, 0.1) is 20.8 Å². The molecule has 2 rings (SSSR count). The van der Waals surface area contributed by atoms with E-state index in [2.05, 4.69) is 12.1 Å². The topological polar surface area (TPSA) is 53.7 Å². The maximum absolute atomic E-state index is 5.88. The highest BCUT2D eigenvalue weighted by atomic mass is 16.5. The predicted molar refractivity (Wildman–Crippen MR) is 87.7 cm³/mol. The molecule has 0 aliphatic heterocycles. The first kappa shape index (κ1) is 16.2. The van der Waals surface area contributed by atoms with Crippen molar-refractivity contribution < 1.29 is 14.2 Å². The van der Waals surface area contributed by atoms with Gasteiger partial charge in [-0.05, 0) is 36.1 Å². The fourth-order valence-electron chi connectivity index (χ4n) is 2.29. The summed E-state index contributed by atoms with van der Waals surface area (Å²) >= 11 is 0. The van der Waals surface area contributed by atoms with Crippen molar-refractivity contribution in [3.05, 3.63) is 53.6 Å². The molecule has 0 aromatic heterocycles. The molecule has 118 valence electrons. The summed E-state index contributed by atoms with van der Waals surface area (Å²) in [6.45, 7) is 1.03. The zero-order chi connectivity index (χ0) is 15.8. The molecule has 4 heteroatoms. The maximum Gasteiger partial charge on any atom is 0.203 e. The van der Waals surface area contributed by atoms with Crippen LogP contribution in [0.15, 0.2) is 42.5 Å². The van der Waals surface area contributed by atoms with E-state index >= 15 is 0 Å². The van der Waals surface area contributed by atoms with Crippen molar-refractivity contribution in [3.63, 3.8) is 0 Å². The van der Waals surface area contributed by atoms with Crippen molar-refractivity contribution in [3.8, 4) is 17.2 Å². The van der Waals surface area contributed by atoms with Gasteiger partial charge in [-0.3, -0.25) is 0 Å². The van der Waals surface area contributed by atoms with Crippen molar-refractivity contribution in [2.45, 2.75) is 19.4 Å². The molecule has 0 atom stereocenters. The Morgan fingerprint density at radius 1 is 0.909 bits per heavy atom. The molecule has 0 aliphatic rings. The Morgan fingerprint density at radius 2 is 1.55 bits per heavy atom. The lowest BCUT2D eigenvalue weighted by Gasteiger charge is -2.15. The van der Waals surface area contributed by atoms with E-state index < -0.39 is 0 Å². The molecular formula is C18H23NO3. The first-order valence-corrected chi connectivity index (χ1v) is 7.40. The van der Waals surface area contributed by atoms with Crippen molar-refractivity contribution >= 4 is 0 Å². The quantitative estimate of drug-likeness (QED) is 0.761. The summed E-state index contributed by atoms with van der Waals surface area (Å²) in [4.78, 5) is 0. The van der Waals surface area contributed by atoms with Crippen LogP contribution in [0.2, 0.25) is 0 Å². The van der Waals surface area contributed by atoms with Crippen LogP contribution in [0, 0.1) is 0 Å². The summed E-state index contributed by atoms with van der Waals surface area (Å²) in [7, 11) is 3.23. The molecule has 0 spiro atoms. The largest absolute Gasteiger partial charge is 0.493 e. The highest BCUT2D eigenvalue weighted by Gasteiger charge is 2.13. The van der Waals surface area contributed by atoms with Gasteiger partial charge in [0.15, 0.2) is 11.5 Å². The molecule has 0 amide bonds. The Morgan fingerprint density at radius 3 is 2.09 bits per heavy atom. The Hall–Kier alpha value is -2.20. The number of hydrogen-bond acceptors (Lipinski definition) is 4. The van der Waals surface area contributed by atoms with Crippen LogP contribution in [-0.2, 0) is 13.0 Å². The van der Waals surface area contributed by atoms with Crippen LogP contribution >= 0.6 is 0 Å². The third-order valence-corrected chi connectivity index (χ3v) is 3.46. The van der Waals surface area contributed by atoms with Gasteiger partial charge in [-0.1, -0.05) is 30.3 Å². The fourth-order valence-corrected chi connectivity index (χ4v) is 2.29. The first-order chi connectivity index (χ1) is 10.8. The minimum Gasteiger partial charge on any atom is -0.493 e. The molecule has 2 aromatic rings. The van der Waals surface area contributed by atoms with Gasteiger partial charge in [0.25, 0.3) is 0 Å². The lowest BCUT2D eigenvalue weighted by molar-refractivity contribution is 0.270. The van der Waals surface area contributed by atoms with Crippen molar-refractivity contribution in [2.75, 3.05) is 20.8 Å². The number of ether oxygens (including phenoxy) is 3. The number of methoxy groups -OCH3 is 2. The van der Waals surface area contributed by atoms with Crippen LogP contribution in [0.3, 0.4) is 0 Å². The Balaban J connectivity index is 1.99. The zero-order valence-electron chi connectivity index (χ0n) is 13.2. The normalized spacial score (nSPS) is 10.3. The molecule has 0 saturated carbocycles. The third-order valence-electron chi connectivity index (χ3n) is 3.46. The highest BCUT2D eigenvalue weighted by Crippen LogP contribution is 2.38. The van der Waals surface area contributed by atoms with Gasteiger partial charge < -0.3 is 19.9 Å². The van der Waals surface area contributed by atoms with Crippen molar-refractivity contribution in [1.29, 1.82) is 0 Å². The molecule has 0 aliphatic carbocycles. The van der Waals surface area contributed by atoms with E-state index in [-0.39, 0.29) is 0 Å². The van der Waals surface area contributed by atoms with E-state index in [9.17, 15) is 0 Å². The minimum atomic E-state index is 0.432. The molecule has 0 heterocycles. The van der Waals surface area contributed by atoms with E-state index in [0.29, 0.717) is 30.4 Å². The number of benzene rings is 2. The summed E-state index contributed by atoms with van der Waals surface area (Å²) in [6.07, 6.45) is 1.90. The number of aryl methyl sites for hydroxylation is 1. The second kappa shape index (κ2) is 8.29. The van der Waals surface area contributed by atoms with Gasteiger partial charge >= 0.3 is 0 Å². The lowest BCUT2D eigenvalue weighted by Crippen LogP contribution is -2.05. The van der Waals surface area contributed by atoms with E-state index in [0.717, 1.165) is 18.4 Å². The molecule has 2 N–H and O–H groups in total. The summed E-state index contributed by atoms with van der Waals surface area (Å²) in [6, 6.07) is 14.1. The molecule has 0 radical (unpaired) electrons. The SMILES string of the molecule is COc1cc(CN)cc(OC)c1OCCCc1ccccc1. The minimum absolute atomic E-state index is 0.432. The van der Waals surface area contributed by atoms with Crippen LogP contribution < -0.4 is 19.9 Å². The predicted octanol–water partition coefficient (Wildman–Crippen LogP) is 3.17. The monoisotopic (exact) mass is 301 g/mol. The third kappa shape index (κ3) is 4.15. The highest BCUT2D eigenvalue weighted by molar-refractivity contribution is 5.53. The molecule has 4 nitrogen and oxygen atoms in total. The molecular weight excluding hydrogens is 278 g/mol. The smallest absolute Gasteiger partial charge is 0.203 e. The molecule has 0 saturated heterocycles. The van der Waals surface area contributed by atoms with Gasteiger partial charge in [0.2, 0.25) is 5.75 Å². The Bertz CT molecular complexity index is 559. The van der Waals surface area contributed by atoms with E-state index in [1.165, 1.54) is 5.56 Å². The van der Waals surface area contributed by atoms with Crippen LogP contribution in [0.4, 0.5) is 0 Å². The maximum atomic E-state index is 5.88. The average Bonchev–Trinajstić information content (AvgIpc) is 2.59. The first-order valence-electron chi connectivity index (χ1n) is 7.40. The summed E-state index contributed by atoms with van der Waals surface area (Å²) in [5.74, 6) is 1.94. The summed E-state index contributed by atoms with van der Waals surface area (Å²) in [5, 5.41) is 0. The van der Waals surface area contributed by atoms with Gasteiger partial charge in [-0.25, -0.2) is 0 Å². The molecule has 2 aromatic carbocycles. The van der Waals surface area contributed by atoms with E-state index in [1.54, 1.807) is 14.2 Å². The molecule has 0 unspecified atom stereocenters. The number of nitrogens with two attached hydrogens (primary N) is 1. The van der Waals surface area contributed by atoms with Crippen molar-refractivity contribution in [1.82, 2.24) is 0 Å². The summed E-state index contributed by atoms with van der Waals surface area (Å²) < 4.78 is 16.7. The van der Waals surface area contributed by atoms with E-state index in [1.807, 2.05) is 30.3 Å². The van der Waals surface area contributed by atoms with Crippen LogP contribution in [0.1, 0.15) is 17.5 Å². The molecule has 22 heavy (non-hydrogen) atoms. The van der Waals surface area contributed by atoms with Crippen molar-refractivity contribution in [2.24, 2.45) is 5.73 Å². The Kier molecular flexibility index (Phi) is 6.10. The van der Waals surface area contributed by atoms with E-state index in [4.69, 9.17) is 19.9 Å². The van der Waals surface area contributed by atoms with Gasteiger partial charge in [-0.15, -0.1) is 0 Å². The number of hydrogen-bond donors (Lipinski definition) is 1. The second-order valence-corrected chi connectivity index (χ2v) is 4.97. The second-order valence-electron chi connectivity index (χ2n) is 4.97. The zero-order valence-corrected chi connectivity index (χ0v) is 13.2. The van der Waals surface area contributed by atoms with Crippen LogP contribution in [-0.4, -0.2) is 20.8 Å². The van der Waals surface area contributed by atoms with Crippen LogP contribution in [0.25, 0.3) is 0 Å². The Labute approximate surface area is 131 Å². The molecule has 0 bridgehead atoms. The van der Waals surface area contributed by atoms with Gasteiger partial charge in [0, 0.05) is 6.54 Å².